The van der Waals surface area contributed by atoms with Crippen molar-refractivity contribution >= 4 is 11.6 Å². The highest BCUT2D eigenvalue weighted by Crippen LogP contribution is 2.26. The van der Waals surface area contributed by atoms with Crippen LogP contribution in [0.4, 0.5) is 0 Å². The van der Waals surface area contributed by atoms with Gasteiger partial charge in [-0.05, 0) is 75.6 Å². The number of carbonyl (C=O) groups is 2. The van der Waals surface area contributed by atoms with Crippen molar-refractivity contribution < 1.29 is 14.3 Å². The Bertz CT molecular complexity index is 900. The minimum Gasteiger partial charge on any atom is -0.493 e. The molecule has 0 bridgehead atoms. The summed E-state index contributed by atoms with van der Waals surface area (Å²) in [5, 5.41) is 0. The third-order valence-corrected chi connectivity index (χ3v) is 6.89. The normalized spacial score (nSPS) is 14.3. The largest absolute Gasteiger partial charge is 0.493 e. The van der Waals surface area contributed by atoms with Crippen LogP contribution in [0, 0.1) is 5.92 Å². The van der Waals surface area contributed by atoms with Crippen molar-refractivity contribution in [3.05, 3.63) is 65.2 Å². The van der Waals surface area contributed by atoms with Gasteiger partial charge < -0.3 is 9.53 Å². The van der Waals surface area contributed by atoms with Crippen LogP contribution >= 0.6 is 0 Å². The Kier molecular flexibility index (Phi) is 10.8. The van der Waals surface area contributed by atoms with E-state index in [1.165, 1.54) is 43.2 Å². The Morgan fingerprint density at radius 2 is 1.65 bits per heavy atom. The van der Waals surface area contributed by atoms with Crippen LogP contribution in [0.25, 0.3) is 0 Å². The van der Waals surface area contributed by atoms with Gasteiger partial charge in [-0.2, -0.15) is 0 Å². The fourth-order valence-corrected chi connectivity index (χ4v) is 4.77. The molecule has 0 radical (unpaired) electrons. The van der Waals surface area contributed by atoms with Gasteiger partial charge in [-0.15, -0.1) is 0 Å². The van der Waals surface area contributed by atoms with E-state index in [2.05, 4.69) is 41.3 Å². The van der Waals surface area contributed by atoms with Crippen molar-refractivity contribution in [1.29, 1.82) is 0 Å². The van der Waals surface area contributed by atoms with Crippen LogP contribution in [-0.4, -0.2) is 36.2 Å². The van der Waals surface area contributed by atoms with Crippen LogP contribution in [0.2, 0.25) is 0 Å². The van der Waals surface area contributed by atoms with Crippen molar-refractivity contribution in [2.45, 2.75) is 78.2 Å². The second kappa shape index (κ2) is 14.1. The van der Waals surface area contributed by atoms with Crippen LogP contribution in [0.5, 0.6) is 5.75 Å². The van der Waals surface area contributed by atoms with Gasteiger partial charge >= 0.3 is 0 Å². The van der Waals surface area contributed by atoms with E-state index in [9.17, 15) is 9.59 Å². The third-order valence-electron chi connectivity index (χ3n) is 6.89. The van der Waals surface area contributed by atoms with Crippen LogP contribution in [0.1, 0.15) is 86.7 Å². The smallest absolute Gasteiger partial charge is 0.159 e. The summed E-state index contributed by atoms with van der Waals surface area (Å²) in [4.78, 5) is 25.4. The Hall–Kier alpha value is -2.46. The van der Waals surface area contributed by atoms with E-state index in [1.54, 1.807) is 13.8 Å². The molecule has 0 atom stereocenters. The lowest BCUT2D eigenvalue weighted by molar-refractivity contribution is -0.117. The number of para-hydroxylation sites is 1. The summed E-state index contributed by atoms with van der Waals surface area (Å²) < 4.78 is 6.30. The number of unbranched alkanes of at least 4 members (excludes halogenated alkanes) is 1. The zero-order valence-corrected chi connectivity index (χ0v) is 21.1. The van der Waals surface area contributed by atoms with Gasteiger partial charge in [-0.3, -0.25) is 9.69 Å². The lowest BCUT2D eigenvalue weighted by Crippen LogP contribution is -2.27. The zero-order valence-electron chi connectivity index (χ0n) is 21.1. The summed E-state index contributed by atoms with van der Waals surface area (Å²) in [6, 6.07) is 16.4. The molecule has 0 amide bonds. The number of benzene rings is 2. The third kappa shape index (κ3) is 9.06. The molecule has 0 unspecified atom stereocenters. The van der Waals surface area contributed by atoms with E-state index in [4.69, 9.17) is 4.74 Å². The Morgan fingerprint density at radius 3 is 2.35 bits per heavy atom. The molecule has 34 heavy (non-hydrogen) atoms. The van der Waals surface area contributed by atoms with E-state index >= 15 is 0 Å². The van der Waals surface area contributed by atoms with E-state index in [0.717, 1.165) is 56.8 Å². The molecule has 0 heterocycles. The number of ether oxygens (including phenoxy) is 1. The van der Waals surface area contributed by atoms with Crippen molar-refractivity contribution in [2.75, 3.05) is 19.7 Å². The average Bonchev–Trinajstić information content (AvgIpc) is 2.85. The average molecular weight is 464 g/mol. The molecule has 3 rings (SSSR count). The Labute approximate surface area is 205 Å². The molecule has 2 aromatic rings. The molecule has 184 valence electrons. The highest BCUT2D eigenvalue weighted by molar-refractivity contribution is 5.94. The van der Waals surface area contributed by atoms with Crippen LogP contribution in [0.3, 0.4) is 0 Å². The molecule has 0 aliphatic heterocycles. The van der Waals surface area contributed by atoms with Gasteiger partial charge in [0.05, 0.1) is 6.61 Å². The molecular weight excluding hydrogens is 422 g/mol. The summed E-state index contributed by atoms with van der Waals surface area (Å²) in [7, 11) is 0. The van der Waals surface area contributed by atoms with E-state index in [1.807, 2.05) is 12.1 Å². The maximum Gasteiger partial charge on any atom is 0.159 e. The first-order valence-electron chi connectivity index (χ1n) is 13.0. The lowest BCUT2D eigenvalue weighted by atomic mass is 9.90. The molecule has 1 fully saturated rings. The lowest BCUT2D eigenvalue weighted by Gasteiger charge is -2.24. The molecule has 0 N–H and O–H groups in total. The van der Waals surface area contributed by atoms with Crippen molar-refractivity contribution in [2.24, 2.45) is 5.92 Å². The van der Waals surface area contributed by atoms with Crippen LogP contribution in [-0.2, 0) is 17.8 Å². The van der Waals surface area contributed by atoms with Gasteiger partial charge in [-0.25, -0.2) is 0 Å². The molecule has 4 heteroatoms. The molecule has 1 aliphatic rings. The number of carbonyl (C=O) groups excluding carboxylic acids is 2. The molecule has 2 aromatic carbocycles. The highest BCUT2D eigenvalue weighted by atomic mass is 16.5. The summed E-state index contributed by atoms with van der Waals surface area (Å²) in [5.74, 6) is 2.07. The highest BCUT2D eigenvalue weighted by Gasteiger charge is 2.15. The summed E-state index contributed by atoms with van der Waals surface area (Å²) in [6.07, 6.45) is 10.1. The van der Waals surface area contributed by atoms with E-state index in [0.29, 0.717) is 12.3 Å². The van der Waals surface area contributed by atoms with E-state index in [-0.39, 0.29) is 11.6 Å². The van der Waals surface area contributed by atoms with Crippen LogP contribution in [0.15, 0.2) is 48.5 Å². The molecular formula is C30H41NO3. The van der Waals surface area contributed by atoms with Gasteiger partial charge in [0, 0.05) is 25.1 Å². The van der Waals surface area contributed by atoms with Crippen molar-refractivity contribution in [3.8, 4) is 5.75 Å². The maximum absolute atomic E-state index is 11.6. The minimum absolute atomic E-state index is 0.0949. The predicted molar refractivity (Wildman–Crippen MR) is 138 cm³/mol. The Morgan fingerprint density at radius 1 is 0.912 bits per heavy atom. The zero-order chi connectivity index (χ0) is 24.2. The fraction of sp³-hybridized carbons (Fsp3) is 0.533. The number of Topliss-reactive ketones (excluding diaryl/α,β-unsaturated/α-hetero) is 2. The summed E-state index contributed by atoms with van der Waals surface area (Å²) in [6.45, 7) is 6.81. The number of rotatable bonds is 14. The number of ketones is 2. The molecule has 0 spiro atoms. The number of hydrogen-bond donors (Lipinski definition) is 0. The molecule has 0 aromatic heterocycles. The minimum atomic E-state index is 0.0949. The van der Waals surface area contributed by atoms with Gasteiger partial charge in [0.1, 0.15) is 11.5 Å². The predicted octanol–water partition coefficient (Wildman–Crippen LogP) is 6.65. The first-order chi connectivity index (χ1) is 16.5. The number of nitrogens with zero attached hydrogens (tertiary/aromatic N) is 1. The first kappa shape index (κ1) is 26.2. The van der Waals surface area contributed by atoms with Gasteiger partial charge in [0.15, 0.2) is 5.78 Å². The van der Waals surface area contributed by atoms with Gasteiger partial charge in [-0.1, -0.05) is 61.7 Å². The second-order valence-electron chi connectivity index (χ2n) is 9.86. The molecule has 4 nitrogen and oxygen atoms in total. The SMILES string of the molecule is CC(=O)CCCCN(CCc1ccccc1OCC1CCCCC1)Cc1ccc(C(C)=O)cc1. The second-order valence-corrected chi connectivity index (χ2v) is 9.86. The standard InChI is InChI=1S/C30H41NO3/c1-24(32)10-8-9-20-31(22-26-15-17-28(18-16-26)25(2)33)21-19-29-13-6-7-14-30(29)34-23-27-11-4-3-5-12-27/h6-7,13-18,27H,3-5,8-12,19-23H2,1-2H3. The van der Waals surface area contributed by atoms with Gasteiger partial charge in [0.2, 0.25) is 0 Å². The van der Waals surface area contributed by atoms with Crippen LogP contribution < -0.4 is 4.74 Å². The first-order valence-corrected chi connectivity index (χ1v) is 13.0. The van der Waals surface area contributed by atoms with Gasteiger partial charge in [0.25, 0.3) is 0 Å². The van der Waals surface area contributed by atoms with Crippen molar-refractivity contribution in [3.63, 3.8) is 0 Å². The maximum atomic E-state index is 11.6. The molecule has 0 saturated heterocycles. The number of hydrogen-bond acceptors (Lipinski definition) is 4. The topological polar surface area (TPSA) is 46.6 Å². The van der Waals surface area contributed by atoms with E-state index < -0.39 is 0 Å². The van der Waals surface area contributed by atoms with Crippen molar-refractivity contribution in [1.82, 2.24) is 4.90 Å². The Balaban J connectivity index is 1.59. The summed E-state index contributed by atoms with van der Waals surface area (Å²) >= 11 is 0. The monoisotopic (exact) mass is 463 g/mol. The quantitative estimate of drug-likeness (QED) is 0.232. The molecule has 1 aliphatic carbocycles. The molecule has 1 saturated carbocycles. The fourth-order valence-electron chi connectivity index (χ4n) is 4.77. The summed E-state index contributed by atoms with van der Waals surface area (Å²) in [5.41, 5.74) is 3.22.